The molecule has 0 aromatic heterocycles. The van der Waals surface area contributed by atoms with Gasteiger partial charge >= 0.3 is 0 Å². The molecule has 3 rings (SSSR count). The number of hydrogen-bond acceptors (Lipinski definition) is 2. The number of aromatic hydroxyl groups is 1. The average molecular weight is 202 g/mol. The second-order valence-electron chi connectivity index (χ2n) is 4.43. The van der Waals surface area contributed by atoms with Crippen LogP contribution in [-0.4, -0.2) is 11.2 Å². The summed E-state index contributed by atoms with van der Waals surface area (Å²) in [5.74, 6) is 2.48. The van der Waals surface area contributed by atoms with E-state index < -0.39 is 0 Å². The van der Waals surface area contributed by atoms with E-state index >= 15 is 0 Å². The highest BCUT2D eigenvalue weighted by Gasteiger charge is 2.37. The van der Waals surface area contributed by atoms with Gasteiger partial charge in [-0.2, -0.15) is 0 Å². The van der Waals surface area contributed by atoms with Crippen molar-refractivity contribution in [1.82, 2.24) is 0 Å². The Bertz CT molecular complexity index is 380. The molecule has 1 aromatic carbocycles. The van der Waals surface area contributed by atoms with Crippen LogP contribution in [0, 0.1) is 11.8 Å². The van der Waals surface area contributed by atoms with Crippen molar-refractivity contribution in [3.8, 4) is 11.5 Å². The molecule has 2 bridgehead atoms. The van der Waals surface area contributed by atoms with E-state index in [4.69, 9.17) is 9.84 Å². The van der Waals surface area contributed by atoms with Crippen LogP contribution in [0.25, 0.3) is 0 Å². The lowest BCUT2D eigenvalue weighted by atomic mass is 10.0. The number of phenolic OH excluding ortho intramolecular Hbond substituents is 1. The van der Waals surface area contributed by atoms with Gasteiger partial charge in [0.2, 0.25) is 0 Å². The van der Waals surface area contributed by atoms with Gasteiger partial charge in [-0.05, 0) is 43.0 Å². The molecule has 1 saturated carbocycles. The van der Waals surface area contributed by atoms with Crippen LogP contribution < -0.4 is 4.74 Å². The summed E-state index contributed by atoms with van der Waals surface area (Å²) >= 11 is 0. The molecule has 0 saturated heterocycles. The van der Waals surface area contributed by atoms with Gasteiger partial charge in [0.05, 0.1) is 0 Å². The first-order valence-electron chi connectivity index (χ1n) is 5.45. The number of fused-ring (bicyclic) bond motifs is 2. The summed E-state index contributed by atoms with van der Waals surface area (Å²) < 4.78 is 5.90. The Hall–Kier alpha value is -1.44. The van der Waals surface area contributed by atoms with Gasteiger partial charge in [0.25, 0.3) is 0 Å². The monoisotopic (exact) mass is 202 g/mol. The lowest BCUT2D eigenvalue weighted by molar-refractivity contribution is 0.175. The van der Waals surface area contributed by atoms with Crippen molar-refractivity contribution in [3.05, 3.63) is 36.4 Å². The first kappa shape index (κ1) is 8.84. The van der Waals surface area contributed by atoms with Crippen LogP contribution in [0.4, 0.5) is 0 Å². The Morgan fingerprint density at radius 1 is 1.07 bits per heavy atom. The Balaban J connectivity index is 1.71. The van der Waals surface area contributed by atoms with Crippen molar-refractivity contribution in [2.75, 3.05) is 0 Å². The highest BCUT2D eigenvalue weighted by molar-refractivity contribution is 5.30. The van der Waals surface area contributed by atoms with E-state index in [-0.39, 0.29) is 5.75 Å². The van der Waals surface area contributed by atoms with Crippen molar-refractivity contribution in [3.63, 3.8) is 0 Å². The van der Waals surface area contributed by atoms with E-state index in [1.807, 2.05) is 12.1 Å². The first-order valence-corrected chi connectivity index (χ1v) is 5.45. The molecule has 1 aromatic rings. The van der Waals surface area contributed by atoms with Crippen LogP contribution in [0.2, 0.25) is 0 Å². The van der Waals surface area contributed by atoms with Crippen LogP contribution in [0.5, 0.6) is 11.5 Å². The van der Waals surface area contributed by atoms with E-state index in [1.54, 1.807) is 12.1 Å². The number of rotatable bonds is 2. The van der Waals surface area contributed by atoms with E-state index in [0.717, 1.165) is 18.1 Å². The van der Waals surface area contributed by atoms with Gasteiger partial charge in [-0.15, -0.1) is 0 Å². The number of ether oxygens (including phenoxy) is 1. The normalized spacial score (nSPS) is 32.1. The zero-order chi connectivity index (χ0) is 10.3. The summed E-state index contributed by atoms with van der Waals surface area (Å²) in [6.45, 7) is 0. The Morgan fingerprint density at radius 2 is 1.87 bits per heavy atom. The first-order chi connectivity index (χ1) is 7.31. The highest BCUT2D eigenvalue weighted by Crippen LogP contribution is 2.41. The molecule has 1 N–H and O–H groups in total. The lowest BCUT2D eigenvalue weighted by Gasteiger charge is -2.20. The Morgan fingerprint density at radius 3 is 2.47 bits per heavy atom. The number of allylic oxidation sites excluding steroid dienone is 1. The van der Waals surface area contributed by atoms with Gasteiger partial charge in [-0.3, -0.25) is 0 Å². The lowest BCUT2D eigenvalue weighted by Crippen LogP contribution is -2.21. The molecule has 3 atom stereocenters. The molecule has 3 unspecified atom stereocenters. The fourth-order valence-electron chi connectivity index (χ4n) is 2.57. The molecule has 0 radical (unpaired) electrons. The standard InChI is InChI=1S/C13H14O2/c14-11-3-5-12(6-4-11)15-13-8-9-1-2-10(13)7-9/h1-6,9-10,13-14H,7-8H2. The molecule has 0 amide bonds. The van der Waals surface area contributed by atoms with Gasteiger partial charge in [0.1, 0.15) is 17.6 Å². The van der Waals surface area contributed by atoms with Crippen LogP contribution >= 0.6 is 0 Å². The van der Waals surface area contributed by atoms with Gasteiger partial charge in [-0.25, -0.2) is 0 Å². The quantitative estimate of drug-likeness (QED) is 0.747. The summed E-state index contributed by atoms with van der Waals surface area (Å²) in [6, 6.07) is 6.98. The Labute approximate surface area is 89.2 Å². The maximum Gasteiger partial charge on any atom is 0.120 e. The maximum atomic E-state index is 9.16. The number of phenols is 1. The molecule has 2 aliphatic carbocycles. The van der Waals surface area contributed by atoms with Crippen LogP contribution in [0.3, 0.4) is 0 Å². The molecule has 2 nitrogen and oxygen atoms in total. The second-order valence-corrected chi connectivity index (χ2v) is 4.43. The van der Waals surface area contributed by atoms with Crippen molar-refractivity contribution in [2.45, 2.75) is 18.9 Å². The van der Waals surface area contributed by atoms with Crippen LogP contribution in [0.15, 0.2) is 36.4 Å². The van der Waals surface area contributed by atoms with Crippen molar-refractivity contribution >= 4 is 0 Å². The van der Waals surface area contributed by atoms with Gasteiger partial charge in [0.15, 0.2) is 0 Å². The maximum absolute atomic E-state index is 9.16. The third-order valence-electron chi connectivity index (χ3n) is 3.34. The predicted molar refractivity (Wildman–Crippen MR) is 57.9 cm³/mol. The van der Waals surface area contributed by atoms with E-state index in [2.05, 4.69) is 12.2 Å². The highest BCUT2D eigenvalue weighted by atomic mass is 16.5. The van der Waals surface area contributed by atoms with E-state index in [1.165, 1.54) is 6.42 Å². The summed E-state index contributed by atoms with van der Waals surface area (Å²) in [5.41, 5.74) is 0. The SMILES string of the molecule is Oc1ccc(OC2CC3C=CC2C3)cc1. The van der Waals surface area contributed by atoms with Crippen LogP contribution in [0.1, 0.15) is 12.8 Å². The van der Waals surface area contributed by atoms with Gasteiger partial charge in [0, 0.05) is 5.92 Å². The minimum Gasteiger partial charge on any atom is -0.508 e. The zero-order valence-corrected chi connectivity index (χ0v) is 8.47. The zero-order valence-electron chi connectivity index (χ0n) is 8.47. The van der Waals surface area contributed by atoms with Crippen molar-refractivity contribution in [1.29, 1.82) is 0 Å². The molecular weight excluding hydrogens is 188 g/mol. The molecule has 2 aliphatic rings. The van der Waals surface area contributed by atoms with E-state index in [9.17, 15) is 0 Å². The molecule has 2 heteroatoms. The fraction of sp³-hybridized carbons (Fsp3) is 0.385. The largest absolute Gasteiger partial charge is 0.508 e. The molecule has 1 fully saturated rings. The fourth-order valence-corrected chi connectivity index (χ4v) is 2.57. The van der Waals surface area contributed by atoms with Crippen molar-refractivity contribution in [2.24, 2.45) is 11.8 Å². The smallest absolute Gasteiger partial charge is 0.120 e. The minimum atomic E-state index is 0.287. The number of hydrogen-bond donors (Lipinski definition) is 1. The second kappa shape index (κ2) is 3.30. The minimum absolute atomic E-state index is 0.287. The molecule has 0 aliphatic heterocycles. The van der Waals surface area contributed by atoms with E-state index in [0.29, 0.717) is 12.0 Å². The molecule has 78 valence electrons. The topological polar surface area (TPSA) is 29.5 Å². The summed E-state index contributed by atoms with van der Waals surface area (Å²) in [6.07, 6.45) is 7.32. The van der Waals surface area contributed by atoms with Crippen LogP contribution in [-0.2, 0) is 0 Å². The predicted octanol–water partition coefficient (Wildman–Crippen LogP) is 2.74. The summed E-state index contributed by atoms with van der Waals surface area (Å²) in [7, 11) is 0. The third kappa shape index (κ3) is 1.60. The third-order valence-corrected chi connectivity index (χ3v) is 3.34. The number of benzene rings is 1. The summed E-state index contributed by atoms with van der Waals surface area (Å²) in [5, 5.41) is 9.16. The van der Waals surface area contributed by atoms with Gasteiger partial charge in [-0.1, -0.05) is 12.2 Å². The molecule has 0 heterocycles. The average Bonchev–Trinajstić information content (AvgIpc) is 2.83. The molecular formula is C13H14O2. The molecule has 15 heavy (non-hydrogen) atoms. The molecule has 0 spiro atoms. The Kier molecular flexibility index (Phi) is 1.94. The van der Waals surface area contributed by atoms with Crippen molar-refractivity contribution < 1.29 is 9.84 Å². The summed E-state index contributed by atoms with van der Waals surface area (Å²) in [4.78, 5) is 0. The van der Waals surface area contributed by atoms with Gasteiger partial charge < -0.3 is 9.84 Å².